The Labute approximate surface area is 80.4 Å². The summed E-state index contributed by atoms with van der Waals surface area (Å²) < 4.78 is 0. The summed E-state index contributed by atoms with van der Waals surface area (Å²) in [5.41, 5.74) is 0. The number of aliphatic hydroxyl groups is 1. The fourth-order valence-electron chi connectivity index (χ4n) is 1.83. The molecule has 0 aromatic heterocycles. The summed E-state index contributed by atoms with van der Waals surface area (Å²) >= 11 is 0. The largest absolute Gasteiger partial charge is 0.396 e. The minimum atomic E-state index is 0.278. The third-order valence-electron chi connectivity index (χ3n) is 2.52. The molecule has 0 spiro atoms. The van der Waals surface area contributed by atoms with Gasteiger partial charge in [-0.1, -0.05) is 6.08 Å². The lowest BCUT2D eigenvalue weighted by molar-refractivity contribution is 0.179. The van der Waals surface area contributed by atoms with Crippen molar-refractivity contribution in [2.45, 2.75) is 18.9 Å². The molecule has 1 unspecified atom stereocenters. The summed E-state index contributed by atoms with van der Waals surface area (Å²) in [6.07, 6.45) is 3.99. The Morgan fingerprint density at radius 1 is 1.62 bits per heavy atom. The molecule has 3 heteroatoms. The molecule has 3 nitrogen and oxygen atoms in total. The smallest absolute Gasteiger partial charge is 0.0446 e. The van der Waals surface area contributed by atoms with Crippen LogP contribution in [0.1, 0.15) is 12.8 Å². The van der Waals surface area contributed by atoms with Gasteiger partial charge in [0, 0.05) is 32.3 Å². The lowest BCUT2D eigenvalue weighted by atomic mass is 10.2. The van der Waals surface area contributed by atoms with E-state index in [4.69, 9.17) is 5.11 Å². The Kier molecular flexibility index (Phi) is 5.05. The van der Waals surface area contributed by atoms with Crippen molar-refractivity contribution in [1.82, 2.24) is 10.2 Å². The number of hydrogen-bond donors (Lipinski definition) is 2. The average molecular weight is 184 g/mol. The van der Waals surface area contributed by atoms with Gasteiger partial charge in [-0.3, -0.25) is 4.90 Å². The minimum Gasteiger partial charge on any atom is -0.396 e. The topological polar surface area (TPSA) is 35.5 Å². The molecule has 0 aromatic carbocycles. The Bertz CT molecular complexity index is 150. The second kappa shape index (κ2) is 6.13. The maximum absolute atomic E-state index is 8.92. The Hall–Kier alpha value is -0.380. The maximum Gasteiger partial charge on any atom is 0.0446 e. The number of nitrogens with zero attached hydrogens (tertiary/aromatic N) is 1. The summed E-state index contributed by atoms with van der Waals surface area (Å²) in [6, 6.07) is 0.477. The van der Waals surface area contributed by atoms with E-state index >= 15 is 0 Å². The van der Waals surface area contributed by atoms with Crippen molar-refractivity contribution in [3.8, 4) is 0 Å². The van der Waals surface area contributed by atoms with Crippen LogP contribution in [0.4, 0.5) is 0 Å². The average Bonchev–Trinajstić information content (AvgIpc) is 2.33. The molecule has 1 aliphatic rings. The molecule has 1 atom stereocenters. The van der Waals surface area contributed by atoms with Gasteiger partial charge in [0.15, 0.2) is 0 Å². The molecule has 0 aromatic rings. The molecule has 0 saturated carbocycles. The van der Waals surface area contributed by atoms with Crippen molar-refractivity contribution in [1.29, 1.82) is 0 Å². The fourth-order valence-corrected chi connectivity index (χ4v) is 1.83. The van der Waals surface area contributed by atoms with Gasteiger partial charge in [-0.25, -0.2) is 0 Å². The van der Waals surface area contributed by atoms with E-state index in [2.05, 4.69) is 16.8 Å². The predicted molar refractivity (Wildman–Crippen MR) is 54.7 cm³/mol. The summed E-state index contributed by atoms with van der Waals surface area (Å²) in [5.74, 6) is 0. The fraction of sp³-hybridized carbons (Fsp3) is 0.800. The van der Waals surface area contributed by atoms with Crippen LogP contribution in [0.2, 0.25) is 0 Å². The van der Waals surface area contributed by atoms with E-state index in [9.17, 15) is 0 Å². The summed E-state index contributed by atoms with van der Waals surface area (Å²) in [5, 5.41) is 12.3. The van der Waals surface area contributed by atoms with Crippen LogP contribution in [-0.2, 0) is 0 Å². The molecule has 0 amide bonds. The van der Waals surface area contributed by atoms with Crippen LogP contribution in [0.3, 0.4) is 0 Å². The molecule has 76 valence electrons. The standard InChI is InChI=1S/C10H20N2O/c1-2-6-12-7-3-5-11-9-10(12)4-8-13/h2,10-11,13H,1,3-9H2. The minimum absolute atomic E-state index is 0.278. The molecule has 2 N–H and O–H groups in total. The van der Waals surface area contributed by atoms with Gasteiger partial charge in [0.05, 0.1) is 0 Å². The van der Waals surface area contributed by atoms with Crippen molar-refractivity contribution in [3.05, 3.63) is 12.7 Å². The third-order valence-corrected chi connectivity index (χ3v) is 2.52. The quantitative estimate of drug-likeness (QED) is 0.613. The van der Waals surface area contributed by atoms with Crippen LogP contribution in [0.25, 0.3) is 0 Å². The lowest BCUT2D eigenvalue weighted by Gasteiger charge is -2.27. The molecular formula is C10H20N2O. The van der Waals surface area contributed by atoms with E-state index in [-0.39, 0.29) is 6.61 Å². The van der Waals surface area contributed by atoms with E-state index < -0.39 is 0 Å². The zero-order valence-corrected chi connectivity index (χ0v) is 8.21. The highest BCUT2D eigenvalue weighted by atomic mass is 16.3. The predicted octanol–water partition coefficient (Wildman–Crippen LogP) is 0.219. The van der Waals surface area contributed by atoms with Crippen LogP contribution in [0.5, 0.6) is 0 Å². The monoisotopic (exact) mass is 184 g/mol. The molecule has 13 heavy (non-hydrogen) atoms. The molecule has 0 bridgehead atoms. The van der Waals surface area contributed by atoms with E-state index in [1.165, 1.54) is 6.42 Å². The molecule has 0 aliphatic carbocycles. The van der Waals surface area contributed by atoms with Crippen molar-refractivity contribution >= 4 is 0 Å². The first kappa shape index (κ1) is 10.7. The molecule has 1 aliphatic heterocycles. The first-order valence-electron chi connectivity index (χ1n) is 5.05. The lowest BCUT2D eigenvalue weighted by Crippen LogP contribution is -2.40. The first-order chi connectivity index (χ1) is 6.38. The molecule has 1 fully saturated rings. The van der Waals surface area contributed by atoms with Gasteiger partial charge >= 0.3 is 0 Å². The van der Waals surface area contributed by atoms with Crippen molar-refractivity contribution in [2.75, 3.05) is 32.8 Å². The van der Waals surface area contributed by atoms with E-state index in [1.807, 2.05) is 6.08 Å². The summed E-state index contributed by atoms with van der Waals surface area (Å²) in [4.78, 5) is 2.39. The van der Waals surface area contributed by atoms with Crippen LogP contribution in [0.15, 0.2) is 12.7 Å². The highest BCUT2D eigenvalue weighted by Crippen LogP contribution is 2.07. The van der Waals surface area contributed by atoms with Crippen molar-refractivity contribution in [2.24, 2.45) is 0 Å². The molecule has 1 heterocycles. The molecule has 1 saturated heterocycles. The third kappa shape index (κ3) is 3.46. The van der Waals surface area contributed by atoms with Crippen LogP contribution in [0, 0.1) is 0 Å². The van der Waals surface area contributed by atoms with Gasteiger partial charge in [0.25, 0.3) is 0 Å². The Morgan fingerprint density at radius 2 is 2.46 bits per heavy atom. The second-order valence-electron chi connectivity index (χ2n) is 3.51. The number of aliphatic hydroxyl groups excluding tert-OH is 1. The number of nitrogens with one attached hydrogen (secondary N) is 1. The zero-order chi connectivity index (χ0) is 9.52. The SMILES string of the molecule is C=CCN1CCCNCC1CCO. The highest BCUT2D eigenvalue weighted by molar-refractivity contribution is 4.82. The van der Waals surface area contributed by atoms with E-state index in [0.29, 0.717) is 6.04 Å². The van der Waals surface area contributed by atoms with Crippen LogP contribution < -0.4 is 5.32 Å². The molecular weight excluding hydrogens is 164 g/mol. The Balaban J connectivity index is 2.44. The number of hydrogen-bond acceptors (Lipinski definition) is 3. The first-order valence-corrected chi connectivity index (χ1v) is 5.05. The van der Waals surface area contributed by atoms with Crippen LogP contribution in [-0.4, -0.2) is 48.8 Å². The van der Waals surface area contributed by atoms with Gasteiger partial charge < -0.3 is 10.4 Å². The van der Waals surface area contributed by atoms with Crippen molar-refractivity contribution < 1.29 is 5.11 Å². The van der Waals surface area contributed by atoms with E-state index in [0.717, 1.165) is 32.6 Å². The second-order valence-corrected chi connectivity index (χ2v) is 3.51. The van der Waals surface area contributed by atoms with Crippen LogP contribution >= 0.6 is 0 Å². The van der Waals surface area contributed by atoms with Gasteiger partial charge in [0.1, 0.15) is 0 Å². The van der Waals surface area contributed by atoms with Gasteiger partial charge in [-0.15, -0.1) is 6.58 Å². The van der Waals surface area contributed by atoms with Gasteiger partial charge in [-0.05, 0) is 19.4 Å². The van der Waals surface area contributed by atoms with Crippen molar-refractivity contribution in [3.63, 3.8) is 0 Å². The zero-order valence-electron chi connectivity index (χ0n) is 8.21. The van der Waals surface area contributed by atoms with Gasteiger partial charge in [0.2, 0.25) is 0 Å². The normalized spacial score (nSPS) is 25.5. The molecule has 0 radical (unpaired) electrons. The van der Waals surface area contributed by atoms with E-state index in [1.54, 1.807) is 0 Å². The Morgan fingerprint density at radius 3 is 3.15 bits per heavy atom. The maximum atomic E-state index is 8.92. The number of rotatable bonds is 4. The summed E-state index contributed by atoms with van der Waals surface area (Å²) in [7, 11) is 0. The molecule has 1 rings (SSSR count). The highest BCUT2D eigenvalue weighted by Gasteiger charge is 2.18. The van der Waals surface area contributed by atoms with Gasteiger partial charge in [-0.2, -0.15) is 0 Å². The summed E-state index contributed by atoms with van der Waals surface area (Å²) in [6.45, 7) is 8.17.